The predicted molar refractivity (Wildman–Crippen MR) is 90.6 cm³/mol. The molecule has 3 rings (SSSR count). The molecule has 3 unspecified atom stereocenters. The molecule has 2 aliphatic carbocycles. The van der Waals surface area contributed by atoms with E-state index < -0.39 is 0 Å². The van der Waals surface area contributed by atoms with Gasteiger partial charge in [0.05, 0.1) is 0 Å². The summed E-state index contributed by atoms with van der Waals surface area (Å²) in [6.45, 7) is 8.78. The van der Waals surface area contributed by atoms with Crippen LogP contribution in [0.1, 0.15) is 78.1 Å². The molecule has 0 bridgehead atoms. The van der Waals surface area contributed by atoms with Gasteiger partial charge in [0.2, 0.25) is 0 Å². The van der Waals surface area contributed by atoms with Crippen molar-refractivity contribution in [1.29, 1.82) is 0 Å². The Kier molecular flexibility index (Phi) is 5.27. The van der Waals surface area contributed by atoms with E-state index in [0.717, 1.165) is 17.9 Å². The van der Waals surface area contributed by atoms with E-state index in [-0.39, 0.29) is 0 Å². The van der Waals surface area contributed by atoms with E-state index in [1.807, 2.05) is 0 Å². The summed E-state index contributed by atoms with van der Waals surface area (Å²) in [4.78, 5) is 2.89. The van der Waals surface area contributed by atoms with Gasteiger partial charge in [-0.1, -0.05) is 46.0 Å². The summed E-state index contributed by atoms with van der Waals surface area (Å²) in [5.74, 6) is 1.94. The van der Waals surface area contributed by atoms with E-state index in [1.54, 1.807) is 0 Å². The van der Waals surface area contributed by atoms with E-state index in [2.05, 4.69) is 24.1 Å². The third-order valence-corrected chi connectivity index (χ3v) is 6.55. The lowest BCUT2D eigenvalue weighted by Gasteiger charge is -2.50. The highest BCUT2D eigenvalue weighted by Crippen LogP contribution is 2.35. The molecular weight excluding hydrogens is 256 g/mol. The molecule has 2 heteroatoms. The van der Waals surface area contributed by atoms with E-state index in [4.69, 9.17) is 0 Å². The van der Waals surface area contributed by atoms with E-state index >= 15 is 0 Å². The molecule has 0 aromatic rings. The quantitative estimate of drug-likeness (QED) is 0.838. The Morgan fingerprint density at radius 1 is 1.10 bits per heavy atom. The van der Waals surface area contributed by atoms with E-state index in [0.29, 0.717) is 5.54 Å². The van der Waals surface area contributed by atoms with Crippen LogP contribution >= 0.6 is 0 Å². The molecule has 2 saturated carbocycles. The van der Waals surface area contributed by atoms with Crippen LogP contribution in [0.4, 0.5) is 0 Å². The molecule has 21 heavy (non-hydrogen) atoms. The summed E-state index contributed by atoms with van der Waals surface area (Å²) >= 11 is 0. The predicted octanol–water partition coefficient (Wildman–Crippen LogP) is 4.20. The van der Waals surface area contributed by atoms with Crippen LogP contribution in [-0.4, -0.2) is 36.1 Å². The first-order valence-electron chi connectivity index (χ1n) is 9.70. The molecule has 1 aliphatic heterocycles. The van der Waals surface area contributed by atoms with Crippen LogP contribution in [0, 0.1) is 11.8 Å². The first-order valence-corrected chi connectivity index (χ1v) is 9.70. The highest BCUT2D eigenvalue weighted by atomic mass is 15.3. The molecule has 0 aromatic carbocycles. The van der Waals surface area contributed by atoms with Crippen LogP contribution in [0.25, 0.3) is 0 Å². The van der Waals surface area contributed by atoms with Crippen LogP contribution in [0.3, 0.4) is 0 Å². The highest BCUT2D eigenvalue weighted by Gasteiger charge is 2.40. The number of hydrogen-bond donors (Lipinski definition) is 1. The van der Waals surface area contributed by atoms with Gasteiger partial charge in [0.15, 0.2) is 0 Å². The second kappa shape index (κ2) is 7.00. The Balaban J connectivity index is 1.62. The van der Waals surface area contributed by atoms with Gasteiger partial charge >= 0.3 is 0 Å². The van der Waals surface area contributed by atoms with Gasteiger partial charge in [-0.3, -0.25) is 4.90 Å². The largest absolute Gasteiger partial charge is 0.308 e. The van der Waals surface area contributed by atoms with Crippen molar-refractivity contribution in [2.45, 2.75) is 89.6 Å². The fourth-order valence-electron chi connectivity index (χ4n) is 5.27. The van der Waals surface area contributed by atoms with Crippen LogP contribution in [-0.2, 0) is 0 Å². The zero-order valence-corrected chi connectivity index (χ0v) is 14.4. The SMILES string of the molecule is CCC1CNC2(CCCCC2)CN1CC1CCCC(C)C1. The van der Waals surface area contributed by atoms with Crippen molar-refractivity contribution in [2.24, 2.45) is 11.8 Å². The van der Waals surface area contributed by atoms with Crippen LogP contribution < -0.4 is 5.32 Å². The number of nitrogens with one attached hydrogen (secondary N) is 1. The first kappa shape index (κ1) is 15.8. The maximum absolute atomic E-state index is 3.97. The second-order valence-corrected chi connectivity index (χ2v) is 8.35. The van der Waals surface area contributed by atoms with E-state index in [1.165, 1.54) is 83.8 Å². The maximum atomic E-state index is 3.97. The van der Waals surface area contributed by atoms with Crippen molar-refractivity contribution in [3.05, 3.63) is 0 Å². The molecule has 0 radical (unpaired) electrons. The van der Waals surface area contributed by atoms with Gasteiger partial charge in [0.25, 0.3) is 0 Å². The monoisotopic (exact) mass is 292 g/mol. The van der Waals surface area contributed by atoms with Crippen molar-refractivity contribution in [3.63, 3.8) is 0 Å². The maximum Gasteiger partial charge on any atom is 0.0309 e. The molecule has 0 aromatic heterocycles. The Morgan fingerprint density at radius 3 is 2.62 bits per heavy atom. The molecule has 1 heterocycles. The summed E-state index contributed by atoms with van der Waals surface area (Å²) in [7, 11) is 0. The molecule has 1 spiro atoms. The normalized spacial score (nSPS) is 37.7. The summed E-state index contributed by atoms with van der Waals surface area (Å²) in [5, 5.41) is 3.97. The minimum Gasteiger partial charge on any atom is -0.308 e. The van der Waals surface area contributed by atoms with Gasteiger partial charge in [-0.15, -0.1) is 0 Å². The Labute approximate surface area is 132 Å². The fraction of sp³-hybridized carbons (Fsp3) is 1.00. The van der Waals surface area contributed by atoms with Crippen molar-refractivity contribution < 1.29 is 0 Å². The number of nitrogens with zero attached hydrogens (tertiary/aromatic N) is 1. The number of piperazine rings is 1. The van der Waals surface area contributed by atoms with Gasteiger partial charge in [0.1, 0.15) is 0 Å². The van der Waals surface area contributed by atoms with E-state index in [9.17, 15) is 0 Å². The molecular formula is C19H36N2. The third kappa shape index (κ3) is 3.82. The Hall–Kier alpha value is -0.0800. The molecule has 3 atom stereocenters. The summed E-state index contributed by atoms with van der Waals surface area (Å²) in [6.07, 6.45) is 14.4. The van der Waals surface area contributed by atoms with Crippen LogP contribution in [0.5, 0.6) is 0 Å². The Morgan fingerprint density at radius 2 is 1.90 bits per heavy atom. The minimum atomic E-state index is 0.476. The lowest BCUT2D eigenvalue weighted by Crippen LogP contribution is -2.65. The van der Waals surface area contributed by atoms with Crippen LogP contribution in [0.2, 0.25) is 0 Å². The van der Waals surface area contributed by atoms with Gasteiger partial charge in [-0.2, -0.15) is 0 Å². The number of hydrogen-bond acceptors (Lipinski definition) is 2. The van der Waals surface area contributed by atoms with Crippen molar-refractivity contribution in [1.82, 2.24) is 10.2 Å². The minimum absolute atomic E-state index is 0.476. The Bertz CT molecular complexity index is 322. The van der Waals surface area contributed by atoms with Crippen molar-refractivity contribution in [3.8, 4) is 0 Å². The van der Waals surface area contributed by atoms with Gasteiger partial charge in [0, 0.05) is 31.2 Å². The van der Waals surface area contributed by atoms with Crippen LogP contribution in [0.15, 0.2) is 0 Å². The average Bonchev–Trinajstić information content (AvgIpc) is 2.48. The molecule has 122 valence electrons. The lowest BCUT2D eigenvalue weighted by atomic mass is 9.78. The molecule has 0 amide bonds. The third-order valence-electron chi connectivity index (χ3n) is 6.55. The summed E-state index contributed by atoms with van der Waals surface area (Å²) in [6, 6.07) is 0.787. The smallest absolute Gasteiger partial charge is 0.0309 e. The van der Waals surface area contributed by atoms with Gasteiger partial charge < -0.3 is 5.32 Å². The molecule has 1 N–H and O–H groups in total. The molecule has 2 nitrogen and oxygen atoms in total. The molecule has 1 saturated heterocycles. The fourth-order valence-corrected chi connectivity index (χ4v) is 5.27. The second-order valence-electron chi connectivity index (χ2n) is 8.35. The number of rotatable bonds is 3. The average molecular weight is 293 g/mol. The standard InChI is InChI=1S/C19H36N2/c1-3-18-13-20-19(10-5-4-6-11-19)15-21(18)14-17-9-7-8-16(2)12-17/h16-18,20H,3-15H2,1-2H3. The summed E-state index contributed by atoms with van der Waals surface area (Å²) in [5.41, 5.74) is 0.476. The topological polar surface area (TPSA) is 15.3 Å². The summed E-state index contributed by atoms with van der Waals surface area (Å²) < 4.78 is 0. The van der Waals surface area contributed by atoms with Crippen molar-refractivity contribution >= 4 is 0 Å². The van der Waals surface area contributed by atoms with Crippen molar-refractivity contribution in [2.75, 3.05) is 19.6 Å². The first-order chi connectivity index (χ1) is 10.2. The van der Waals surface area contributed by atoms with Gasteiger partial charge in [-0.25, -0.2) is 0 Å². The zero-order valence-electron chi connectivity index (χ0n) is 14.4. The molecule has 3 fully saturated rings. The highest BCUT2D eigenvalue weighted by molar-refractivity contribution is 4.99. The molecule has 3 aliphatic rings. The van der Waals surface area contributed by atoms with Gasteiger partial charge in [-0.05, 0) is 43.9 Å². The lowest BCUT2D eigenvalue weighted by molar-refractivity contribution is 0.0353. The zero-order chi connectivity index (χ0) is 14.7.